The normalized spacial score (nSPS) is 13.4. The van der Waals surface area contributed by atoms with Crippen LogP contribution < -0.4 is 0 Å². The van der Waals surface area contributed by atoms with Gasteiger partial charge in [0.15, 0.2) is 0 Å². The molecule has 0 radical (unpaired) electrons. The maximum absolute atomic E-state index is 3.51. The standard InChI is InChI=1S/C16H13N/c1-2-4-11(5-3-1)15-10-14-8-12-6-7-13(12)9-16(14)17-15/h1-5,8-10,17H,6-7H2. The van der Waals surface area contributed by atoms with Crippen LogP contribution in [-0.2, 0) is 12.8 Å². The summed E-state index contributed by atoms with van der Waals surface area (Å²) in [5.74, 6) is 0. The number of rotatable bonds is 1. The van der Waals surface area contributed by atoms with Gasteiger partial charge in [-0.25, -0.2) is 0 Å². The number of benzene rings is 2. The van der Waals surface area contributed by atoms with Crippen molar-refractivity contribution in [2.45, 2.75) is 12.8 Å². The zero-order valence-electron chi connectivity index (χ0n) is 9.53. The van der Waals surface area contributed by atoms with Crippen LogP contribution in [0, 0.1) is 0 Å². The third kappa shape index (κ3) is 1.32. The summed E-state index contributed by atoms with van der Waals surface area (Å²) in [4.78, 5) is 3.51. The minimum absolute atomic E-state index is 1.21. The number of nitrogens with one attached hydrogen (secondary N) is 1. The number of aromatic amines is 1. The lowest BCUT2D eigenvalue weighted by atomic mass is 9.88. The molecule has 2 aromatic carbocycles. The van der Waals surface area contributed by atoms with E-state index in [1.54, 1.807) is 0 Å². The van der Waals surface area contributed by atoms with Crippen LogP contribution in [-0.4, -0.2) is 4.98 Å². The Balaban J connectivity index is 1.93. The predicted octanol–water partition coefficient (Wildman–Crippen LogP) is 3.93. The minimum atomic E-state index is 1.21. The van der Waals surface area contributed by atoms with E-state index in [1.165, 1.54) is 46.1 Å². The Kier molecular flexibility index (Phi) is 1.72. The second kappa shape index (κ2) is 3.24. The van der Waals surface area contributed by atoms with Crippen molar-refractivity contribution in [3.05, 3.63) is 59.7 Å². The fourth-order valence-corrected chi connectivity index (χ4v) is 2.60. The molecule has 0 amide bonds. The van der Waals surface area contributed by atoms with Gasteiger partial charge in [-0.3, -0.25) is 0 Å². The first-order valence-corrected chi connectivity index (χ1v) is 6.10. The third-order valence-corrected chi connectivity index (χ3v) is 3.69. The van der Waals surface area contributed by atoms with E-state index in [-0.39, 0.29) is 0 Å². The highest BCUT2D eigenvalue weighted by Gasteiger charge is 2.14. The van der Waals surface area contributed by atoms with Crippen molar-refractivity contribution in [3.63, 3.8) is 0 Å². The Morgan fingerprint density at radius 3 is 2.35 bits per heavy atom. The molecule has 1 N–H and O–H groups in total. The average molecular weight is 219 g/mol. The highest BCUT2D eigenvalue weighted by atomic mass is 14.7. The fourth-order valence-electron chi connectivity index (χ4n) is 2.60. The van der Waals surface area contributed by atoms with Crippen LogP contribution in [0.4, 0.5) is 0 Å². The summed E-state index contributed by atoms with van der Waals surface area (Å²) >= 11 is 0. The molecule has 0 saturated carbocycles. The molecule has 1 aliphatic rings. The lowest BCUT2D eigenvalue weighted by Gasteiger charge is -2.17. The number of fused-ring (bicyclic) bond motifs is 2. The van der Waals surface area contributed by atoms with Gasteiger partial charge < -0.3 is 4.98 Å². The van der Waals surface area contributed by atoms with Crippen molar-refractivity contribution in [1.82, 2.24) is 4.98 Å². The molecule has 0 spiro atoms. The summed E-state index contributed by atoms with van der Waals surface area (Å²) in [6.07, 6.45) is 2.49. The summed E-state index contributed by atoms with van der Waals surface area (Å²) < 4.78 is 0. The first-order valence-electron chi connectivity index (χ1n) is 6.10. The van der Waals surface area contributed by atoms with Gasteiger partial charge in [0.25, 0.3) is 0 Å². The quantitative estimate of drug-likeness (QED) is 0.638. The Hall–Kier alpha value is -2.02. The van der Waals surface area contributed by atoms with Crippen LogP contribution in [0.25, 0.3) is 22.2 Å². The van der Waals surface area contributed by atoms with Gasteiger partial charge in [-0.2, -0.15) is 0 Å². The smallest absolute Gasteiger partial charge is 0.0464 e. The molecule has 0 unspecified atom stereocenters. The summed E-state index contributed by atoms with van der Waals surface area (Å²) in [6.45, 7) is 0. The van der Waals surface area contributed by atoms with Crippen molar-refractivity contribution in [2.75, 3.05) is 0 Å². The first kappa shape index (κ1) is 9.06. The van der Waals surface area contributed by atoms with Gasteiger partial charge in [-0.05, 0) is 47.7 Å². The SMILES string of the molecule is c1ccc(-c2cc3cc4c(cc3[nH]2)CC4)cc1. The number of aromatic nitrogens is 1. The molecule has 3 aromatic rings. The molecule has 0 bridgehead atoms. The van der Waals surface area contributed by atoms with Crippen LogP contribution in [0.5, 0.6) is 0 Å². The van der Waals surface area contributed by atoms with Crippen molar-refractivity contribution >= 4 is 10.9 Å². The number of aryl methyl sites for hydroxylation is 2. The van der Waals surface area contributed by atoms with Gasteiger partial charge in [0.1, 0.15) is 0 Å². The van der Waals surface area contributed by atoms with E-state index in [2.05, 4.69) is 53.5 Å². The Bertz CT molecular complexity index is 651. The molecule has 0 fully saturated rings. The topological polar surface area (TPSA) is 15.8 Å². The number of hydrogen-bond acceptors (Lipinski definition) is 0. The molecular formula is C16H13N. The monoisotopic (exact) mass is 219 g/mol. The molecule has 1 nitrogen and oxygen atoms in total. The van der Waals surface area contributed by atoms with Crippen molar-refractivity contribution in [1.29, 1.82) is 0 Å². The Morgan fingerprint density at radius 2 is 1.59 bits per heavy atom. The predicted molar refractivity (Wildman–Crippen MR) is 71.1 cm³/mol. The zero-order chi connectivity index (χ0) is 11.2. The number of hydrogen-bond donors (Lipinski definition) is 1. The van der Waals surface area contributed by atoms with Gasteiger partial charge >= 0.3 is 0 Å². The maximum Gasteiger partial charge on any atom is 0.0464 e. The molecule has 0 saturated heterocycles. The van der Waals surface area contributed by atoms with Crippen LogP contribution in [0.1, 0.15) is 11.1 Å². The van der Waals surface area contributed by atoms with Crippen molar-refractivity contribution in [2.24, 2.45) is 0 Å². The third-order valence-electron chi connectivity index (χ3n) is 3.69. The Labute approximate surface area is 100 Å². The van der Waals surface area contributed by atoms with Crippen molar-refractivity contribution < 1.29 is 0 Å². The summed E-state index contributed by atoms with van der Waals surface area (Å²) in [6, 6.07) is 17.4. The van der Waals surface area contributed by atoms with Gasteiger partial charge in [-0.1, -0.05) is 30.3 Å². The van der Waals surface area contributed by atoms with Crippen LogP contribution >= 0.6 is 0 Å². The van der Waals surface area contributed by atoms with Gasteiger partial charge in [0.05, 0.1) is 0 Å². The summed E-state index contributed by atoms with van der Waals surface area (Å²) in [7, 11) is 0. The van der Waals surface area contributed by atoms with E-state index in [0.717, 1.165) is 0 Å². The van der Waals surface area contributed by atoms with E-state index in [0.29, 0.717) is 0 Å². The molecule has 0 aliphatic heterocycles. The Morgan fingerprint density at radius 1 is 0.824 bits per heavy atom. The molecule has 17 heavy (non-hydrogen) atoms. The molecule has 1 heteroatoms. The second-order valence-electron chi connectivity index (χ2n) is 4.76. The van der Waals surface area contributed by atoms with E-state index in [9.17, 15) is 0 Å². The lowest BCUT2D eigenvalue weighted by molar-refractivity contribution is 0.844. The molecular weight excluding hydrogens is 206 g/mol. The van der Waals surface area contributed by atoms with Crippen LogP contribution in [0.3, 0.4) is 0 Å². The van der Waals surface area contributed by atoms with E-state index < -0.39 is 0 Å². The summed E-state index contributed by atoms with van der Waals surface area (Å²) in [5, 5.41) is 1.34. The van der Waals surface area contributed by atoms with Crippen LogP contribution in [0.15, 0.2) is 48.5 Å². The highest BCUT2D eigenvalue weighted by molar-refractivity contribution is 5.87. The molecule has 0 atom stereocenters. The van der Waals surface area contributed by atoms with Gasteiger partial charge in [0, 0.05) is 16.6 Å². The maximum atomic E-state index is 3.51. The van der Waals surface area contributed by atoms with Crippen molar-refractivity contribution in [3.8, 4) is 11.3 Å². The molecule has 1 aliphatic carbocycles. The van der Waals surface area contributed by atoms with Gasteiger partial charge in [-0.15, -0.1) is 0 Å². The largest absolute Gasteiger partial charge is 0.355 e. The lowest BCUT2D eigenvalue weighted by Crippen LogP contribution is -2.06. The van der Waals surface area contributed by atoms with Gasteiger partial charge in [0.2, 0.25) is 0 Å². The zero-order valence-corrected chi connectivity index (χ0v) is 9.53. The number of H-pyrrole nitrogens is 1. The molecule has 82 valence electrons. The first-order chi connectivity index (χ1) is 8.40. The second-order valence-corrected chi connectivity index (χ2v) is 4.76. The molecule has 1 heterocycles. The highest BCUT2D eigenvalue weighted by Crippen LogP contribution is 2.31. The van der Waals surface area contributed by atoms with E-state index >= 15 is 0 Å². The average Bonchev–Trinajstić information content (AvgIpc) is 2.76. The fraction of sp³-hybridized carbons (Fsp3) is 0.125. The molecule has 1 aromatic heterocycles. The van der Waals surface area contributed by atoms with E-state index in [4.69, 9.17) is 0 Å². The van der Waals surface area contributed by atoms with Crippen LogP contribution in [0.2, 0.25) is 0 Å². The van der Waals surface area contributed by atoms with E-state index in [1.807, 2.05) is 0 Å². The summed E-state index contributed by atoms with van der Waals surface area (Å²) in [5.41, 5.74) is 6.77. The molecule has 4 rings (SSSR count). The minimum Gasteiger partial charge on any atom is -0.355 e.